The van der Waals surface area contributed by atoms with Crippen LogP contribution in [0.5, 0.6) is 0 Å². The highest BCUT2D eigenvalue weighted by atomic mass is 16.1. The summed E-state index contributed by atoms with van der Waals surface area (Å²) in [5.74, 6) is 1.14. The Morgan fingerprint density at radius 3 is 2.90 bits per heavy atom. The number of ketones is 2. The molecule has 0 amide bonds. The van der Waals surface area contributed by atoms with Gasteiger partial charge in [-0.15, -0.1) is 0 Å². The van der Waals surface area contributed by atoms with Gasteiger partial charge < -0.3 is 0 Å². The van der Waals surface area contributed by atoms with Crippen LogP contribution in [0.25, 0.3) is 0 Å². The number of fused-ring (bicyclic) bond motifs is 1. The summed E-state index contributed by atoms with van der Waals surface area (Å²) in [6.45, 7) is 2.02. The number of carbonyl (C=O) groups excluding carboxylic acids is 2. The lowest BCUT2D eigenvalue weighted by Crippen LogP contribution is -2.28. The van der Waals surface area contributed by atoms with E-state index in [1.807, 2.05) is 6.92 Å². The van der Waals surface area contributed by atoms with Gasteiger partial charge in [0.15, 0.2) is 0 Å². The van der Waals surface area contributed by atoms with Crippen LogP contribution in [0.2, 0.25) is 0 Å². The normalized spacial score (nSPS) is 24.9. The second-order valence-corrected chi connectivity index (χ2v) is 5.95. The number of hydrogen-bond acceptors (Lipinski definition) is 2. The van der Waals surface area contributed by atoms with Crippen LogP contribution >= 0.6 is 0 Å². The Kier molecular flexibility index (Phi) is 5.75. The largest absolute Gasteiger partial charge is 0.300 e. The summed E-state index contributed by atoms with van der Waals surface area (Å²) < 4.78 is 0. The molecule has 1 fully saturated rings. The minimum Gasteiger partial charge on any atom is -0.300 e. The van der Waals surface area contributed by atoms with E-state index in [1.165, 1.54) is 5.57 Å². The fourth-order valence-corrected chi connectivity index (χ4v) is 3.36. The van der Waals surface area contributed by atoms with Crippen LogP contribution in [0.4, 0.5) is 0 Å². The van der Waals surface area contributed by atoms with E-state index >= 15 is 0 Å². The van der Waals surface area contributed by atoms with Crippen molar-refractivity contribution in [1.82, 2.24) is 0 Å². The average Bonchev–Trinajstić information content (AvgIpc) is 2.47. The monoisotopic (exact) mass is 273 g/mol. The second-order valence-electron chi connectivity index (χ2n) is 5.95. The quantitative estimate of drug-likeness (QED) is 0.696. The van der Waals surface area contributed by atoms with Gasteiger partial charge in [0.25, 0.3) is 0 Å². The number of hydrogen-bond donors (Lipinski definition) is 0. The van der Waals surface area contributed by atoms with E-state index in [9.17, 15) is 9.59 Å². The Balaban J connectivity index is 1.82. The molecule has 1 radical (unpaired) electrons. The van der Waals surface area contributed by atoms with Crippen molar-refractivity contribution in [1.29, 1.82) is 0 Å². The summed E-state index contributed by atoms with van der Waals surface area (Å²) >= 11 is 0. The molecular weight excluding hydrogens is 248 g/mol. The fourth-order valence-electron chi connectivity index (χ4n) is 3.36. The van der Waals surface area contributed by atoms with Crippen LogP contribution in [0.1, 0.15) is 58.3 Å². The molecule has 0 saturated heterocycles. The minimum atomic E-state index is 0.154. The van der Waals surface area contributed by atoms with E-state index in [0.717, 1.165) is 32.1 Å². The molecule has 2 rings (SSSR count). The molecule has 0 aromatic rings. The maximum absolute atomic E-state index is 12.4. The van der Waals surface area contributed by atoms with E-state index < -0.39 is 0 Å². The summed E-state index contributed by atoms with van der Waals surface area (Å²) in [6.07, 6.45) is 15.2. The number of Topliss-reactive ketones (excluding diaryl/α,β-unsaturated/α-hetero) is 2. The molecule has 0 N–H and O–H groups in total. The van der Waals surface area contributed by atoms with Gasteiger partial charge in [0.05, 0.1) is 0 Å². The Labute approximate surface area is 122 Å². The number of allylic oxidation sites excluding steroid dienone is 4. The molecule has 2 heteroatoms. The summed E-state index contributed by atoms with van der Waals surface area (Å²) in [6, 6.07) is 0. The maximum atomic E-state index is 12.4. The number of rotatable bonds is 7. The Morgan fingerprint density at radius 1 is 1.25 bits per heavy atom. The van der Waals surface area contributed by atoms with Crippen molar-refractivity contribution < 1.29 is 9.59 Å². The van der Waals surface area contributed by atoms with Crippen molar-refractivity contribution in [2.45, 2.75) is 58.3 Å². The zero-order valence-corrected chi connectivity index (χ0v) is 12.4. The van der Waals surface area contributed by atoms with Crippen LogP contribution in [-0.2, 0) is 9.59 Å². The van der Waals surface area contributed by atoms with Crippen molar-refractivity contribution in [3.8, 4) is 0 Å². The van der Waals surface area contributed by atoms with E-state index in [2.05, 4.69) is 24.6 Å². The first-order chi connectivity index (χ1) is 9.72. The van der Waals surface area contributed by atoms with Crippen LogP contribution < -0.4 is 0 Å². The maximum Gasteiger partial charge on any atom is 0.136 e. The first-order valence-corrected chi connectivity index (χ1v) is 7.97. The molecule has 0 aromatic heterocycles. The van der Waals surface area contributed by atoms with Gasteiger partial charge in [-0.3, -0.25) is 9.59 Å². The highest BCUT2D eigenvalue weighted by Crippen LogP contribution is 2.38. The van der Waals surface area contributed by atoms with Gasteiger partial charge in [-0.1, -0.05) is 30.7 Å². The third-order valence-corrected chi connectivity index (χ3v) is 4.40. The lowest BCUT2D eigenvalue weighted by Gasteiger charge is -2.32. The summed E-state index contributed by atoms with van der Waals surface area (Å²) in [5, 5.41) is 0. The average molecular weight is 273 g/mol. The van der Waals surface area contributed by atoms with Gasteiger partial charge in [0.1, 0.15) is 11.6 Å². The second kappa shape index (κ2) is 7.56. The van der Waals surface area contributed by atoms with Crippen molar-refractivity contribution in [3.63, 3.8) is 0 Å². The van der Waals surface area contributed by atoms with Gasteiger partial charge in [0, 0.05) is 37.5 Å². The minimum absolute atomic E-state index is 0.154. The van der Waals surface area contributed by atoms with Gasteiger partial charge in [-0.05, 0) is 32.1 Å². The first kappa shape index (κ1) is 15.2. The zero-order valence-electron chi connectivity index (χ0n) is 12.4. The van der Waals surface area contributed by atoms with Crippen molar-refractivity contribution in [2.75, 3.05) is 0 Å². The highest BCUT2D eigenvalue weighted by molar-refractivity contribution is 5.83. The smallest absolute Gasteiger partial charge is 0.136 e. The molecule has 2 aliphatic rings. The Morgan fingerprint density at radius 2 is 2.10 bits per heavy atom. The summed E-state index contributed by atoms with van der Waals surface area (Å²) in [4.78, 5) is 23.9. The molecule has 0 heterocycles. The fraction of sp³-hybridized carbons (Fsp3) is 0.611. The van der Waals surface area contributed by atoms with E-state index in [4.69, 9.17) is 0 Å². The molecule has 2 nitrogen and oxygen atoms in total. The molecule has 1 saturated carbocycles. The molecule has 0 aromatic carbocycles. The molecule has 0 spiro atoms. The van der Waals surface area contributed by atoms with Crippen LogP contribution in [0, 0.1) is 18.3 Å². The topological polar surface area (TPSA) is 34.1 Å². The van der Waals surface area contributed by atoms with Crippen LogP contribution in [0.15, 0.2) is 23.8 Å². The highest BCUT2D eigenvalue weighted by Gasteiger charge is 2.32. The molecule has 2 unspecified atom stereocenters. The van der Waals surface area contributed by atoms with Gasteiger partial charge in [0.2, 0.25) is 0 Å². The van der Waals surface area contributed by atoms with Gasteiger partial charge in [-0.25, -0.2) is 0 Å². The van der Waals surface area contributed by atoms with Crippen molar-refractivity contribution in [2.24, 2.45) is 11.8 Å². The molecule has 0 aliphatic heterocycles. The van der Waals surface area contributed by atoms with E-state index in [0.29, 0.717) is 36.7 Å². The van der Waals surface area contributed by atoms with E-state index in [-0.39, 0.29) is 5.92 Å². The predicted molar refractivity (Wildman–Crippen MR) is 81.1 cm³/mol. The third-order valence-electron chi connectivity index (χ3n) is 4.40. The van der Waals surface area contributed by atoms with Crippen molar-refractivity contribution in [3.05, 3.63) is 30.2 Å². The lowest BCUT2D eigenvalue weighted by atomic mass is 9.71. The van der Waals surface area contributed by atoms with Crippen LogP contribution in [-0.4, -0.2) is 11.6 Å². The lowest BCUT2D eigenvalue weighted by molar-refractivity contribution is -0.124. The van der Waals surface area contributed by atoms with Gasteiger partial charge in [-0.2, -0.15) is 0 Å². The molecule has 2 atom stereocenters. The third kappa shape index (κ3) is 3.91. The summed E-state index contributed by atoms with van der Waals surface area (Å²) in [5.41, 5.74) is 1.42. The number of carbonyl (C=O) groups is 2. The predicted octanol–water partition coefficient (Wildman–Crippen LogP) is 4.21. The Hall–Kier alpha value is -1.18. The molecule has 2 aliphatic carbocycles. The van der Waals surface area contributed by atoms with Crippen LogP contribution in [0.3, 0.4) is 0 Å². The standard InChI is InChI=1S/C18H25O2/c1-2-7-15(19)10-6-13-18(20)17-12-5-9-14-8-3-4-11-16(14)17/h3-4,8,11,16-17H,2,5-7,9-10,12-13H2,1H3. The molecule has 20 heavy (non-hydrogen) atoms. The first-order valence-electron chi connectivity index (χ1n) is 7.97. The molecular formula is C18H25O2. The molecule has 109 valence electrons. The van der Waals surface area contributed by atoms with E-state index in [1.54, 1.807) is 0 Å². The zero-order chi connectivity index (χ0) is 14.4. The Bertz CT molecular complexity index is 417. The molecule has 0 bridgehead atoms. The summed E-state index contributed by atoms with van der Waals surface area (Å²) in [7, 11) is 0. The van der Waals surface area contributed by atoms with Gasteiger partial charge >= 0.3 is 0 Å². The van der Waals surface area contributed by atoms with Crippen molar-refractivity contribution >= 4 is 11.6 Å². The SMILES string of the molecule is CCCC(=O)CCCC(=O)C1CCCC2=C[CH]C=CC21.